The Morgan fingerprint density at radius 3 is 2.69 bits per heavy atom. The largest absolute Gasteiger partial charge is 0.354 e. The van der Waals surface area contributed by atoms with Gasteiger partial charge >= 0.3 is 0 Å². The molecule has 0 spiro atoms. The number of aliphatic hydroxyl groups excluding tert-OH is 1. The lowest BCUT2D eigenvalue weighted by molar-refractivity contribution is -0.125. The number of hydrazone groups is 1. The first-order valence-corrected chi connectivity index (χ1v) is 8.55. The lowest BCUT2D eigenvalue weighted by Gasteiger charge is -2.31. The average Bonchev–Trinajstić information content (AvgIpc) is 3.04. The molecule has 2 N–H and O–H groups in total. The van der Waals surface area contributed by atoms with Gasteiger partial charge in [0.25, 0.3) is 0 Å². The van der Waals surface area contributed by atoms with Gasteiger partial charge in [0.1, 0.15) is 18.7 Å². The second-order valence-corrected chi connectivity index (χ2v) is 6.78. The highest BCUT2D eigenvalue weighted by atomic mass is 16.3. The quantitative estimate of drug-likeness (QED) is 0.841. The molecule has 0 saturated heterocycles. The summed E-state index contributed by atoms with van der Waals surface area (Å²) in [5.41, 5.74) is 2.44. The molecular weight excluding hydrogens is 334 g/mol. The van der Waals surface area contributed by atoms with Crippen LogP contribution in [-0.2, 0) is 4.79 Å². The van der Waals surface area contributed by atoms with Gasteiger partial charge in [-0.25, -0.2) is 19.7 Å². The molecule has 9 nitrogen and oxygen atoms in total. The molecule has 2 aromatic heterocycles. The van der Waals surface area contributed by atoms with E-state index >= 15 is 0 Å². The summed E-state index contributed by atoms with van der Waals surface area (Å²) in [6.45, 7) is 7.99. The van der Waals surface area contributed by atoms with Crippen molar-refractivity contribution in [3.63, 3.8) is 0 Å². The Hall–Kier alpha value is -2.81. The first kappa shape index (κ1) is 18.0. The predicted octanol–water partition coefficient (Wildman–Crippen LogP) is 1.56. The SMILES string of the molecule is CC(C)C1=NN(CC(=O)Nc2ccncn2)C(O)n2nc(C(C)C)cc21. The maximum atomic E-state index is 12.3. The van der Waals surface area contributed by atoms with Crippen LogP contribution in [0, 0.1) is 5.92 Å². The Labute approximate surface area is 151 Å². The summed E-state index contributed by atoms with van der Waals surface area (Å²) < 4.78 is 1.52. The standard InChI is InChI=1S/C17H23N7O2/c1-10(2)12-7-13-16(11(3)4)22-23(17(26)24(13)21-12)8-15(25)20-14-5-6-18-9-19-14/h5-7,9-11,17,26H,8H2,1-4H3,(H,18,19,20,25). The van der Waals surface area contributed by atoms with Gasteiger partial charge in [-0.2, -0.15) is 10.2 Å². The van der Waals surface area contributed by atoms with Crippen molar-refractivity contribution in [3.8, 4) is 0 Å². The van der Waals surface area contributed by atoms with Gasteiger partial charge in [0.15, 0.2) is 0 Å². The zero-order chi connectivity index (χ0) is 18.8. The number of aromatic nitrogens is 4. The molecule has 1 aliphatic rings. The number of hydrogen-bond acceptors (Lipinski definition) is 7. The Morgan fingerprint density at radius 2 is 2.08 bits per heavy atom. The summed E-state index contributed by atoms with van der Waals surface area (Å²) in [5, 5.41) is 23.6. The Bertz CT molecular complexity index is 814. The first-order valence-electron chi connectivity index (χ1n) is 8.55. The lowest BCUT2D eigenvalue weighted by Crippen LogP contribution is -2.41. The van der Waals surface area contributed by atoms with E-state index < -0.39 is 6.35 Å². The van der Waals surface area contributed by atoms with Gasteiger partial charge in [-0.1, -0.05) is 27.7 Å². The molecule has 0 aromatic carbocycles. The minimum absolute atomic E-state index is 0.116. The number of hydrogen-bond donors (Lipinski definition) is 2. The van der Waals surface area contributed by atoms with Crippen LogP contribution in [0.5, 0.6) is 0 Å². The zero-order valence-corrected chi connectivity index (χ0v) is 15.3. The minimum Gasteiger partial charge on any atom is -0.354 e. The van der Waals surface area contributed by atoms with E-state index in [-0.39, 0.29) is 24.3 Å². The number of rotatable bonds is 5. The highest BCUT2D eigenvalue weighted by Gasteiger charge is 2.31. The van der Waals surface area contributed by atoms with Crippen molar-refractivity contribution in [2.75, 3.05) is 11.9 Å². The summed E-state index contributed by atoms with van der Waals surface area (Å²) in [4.78, 5) is 20.1. The number of amides is 1. The molecule has 0 aliphatic carbocycles. The third-order valence-electron chi connectivity index (χ3n) is 4.03. The highest BCUT2D eigenvalue weighted by molar-refractivity contribution is 6.01. The smallest absolute Gasteiger partial charge is 0.247 e. The van der Waals surface area contributed by atoms with Gasteiger partial charge in [0.05, 0.1) is 17.1 Å². The fourth-order valence-electron chi connectivity index (χ4n) is 2.65. The van der Waals surface area contributed by atoms with E-state index in [9.17, 15) is 9.90 Å². The van der Waals surface area contributed by atoms with Crippen LogP contribution in [0.4, 0.5) is 5.82 Å². The summed E-state index contributed by atoms with van der Waals surface area (Å²) in [5.74, 6) is 0.398. The minimum atomic E-state index is -1.14. The van der Waals surface area contributed by atoms with Crippen LogP contribution >= 0.6 is 0 Å². The number of anilines is 1. The van der Waals surface area contributed by atoms with Crippen molar-refractivity contribution in [1.29, 1.82) is 0 Å². The van der Waals surface area contributed by atoms with Crippen molar-refractivity contribution in [2.45, 2.75) is 40.0 Å². The van der Waals surface area contributed by atoms with Crippen LogP contribution in [0.15, 0.2) is 29.8 Å². The van der Waals surface area contributed by atoms with Crippen LogP contribution in [0.2, 0.25) is 0 Å². The van der Waals surface area contributed by atoms with Crippen LogP contribution < -0.4 is 5.32 Å². The van der Waals surface area contributed by atoms with Crippen molar-refractivity contribution < 1.29 is 9.90 Å². The molecule has 1 atom stereocenters. The van der Waals surface area contributed by atoms with E-state index in [0.29, 0.717) is 5.82 Å². The molecule has 0 radical (unpaired) electrons. The number of nitrogens with one attached hydrogen (secondary N) is 1. The van der Waals surface area contributed by atoms with Crippen LogP contribution in [0.3, 0.4) is 0 Å². The molecule has 1 amide bonds. The van der Waals surface area contributed by atoms with Gasteiger partial charge in [-0.05, 0) is 24.0 Å². The molecule has 138 valence electrons. The fraction of sp³-hybridized carbons (Fsp3) is 0.471. The average molecular weight is 357 g/mol. The first-order chi connectivity index (χ1) is 12.4. The van der Waals surface area contributed by atoms with Gasteiger partial charge < -0.3 is 10.4 Å². The van der Waals surface area contributed by atoms with Crippen molar-refractivity contribution >= 4 is 17.4 Å². The number of aliphatic hydroxyl groups is 1. The molecule has 3 rings (SSSR count). The van der Waals surface area contributed by atoms with Crippen LogP contribution in [0.1, 0.15) is 51.4 Å². The number of carbonyl (C=O) groups is 1. The van der Waals surface area contributed by atoms with Crippen molar-refractivity contribution in [1.82, 2.24) is 24.8 Å². The van der Waals surface area contributed by atoms with Gasteiger partial charge in [0, 0.05) is 6.20 Å². The topological polar surface area (TPSA) is 109 Å². The molecule has 0 bridgehead atoms. The third-order valence-corrected chi connectivity index (χ3v) is 4.03. The number of nitrogens with zero attached hydrogens (tertiary/aromatic N) is 6. The fourth-order valence-corrected chi connectivity index (χ4v) is 2.65. The van der Waals surface area contributed by atoms with E-state index in [0.717, 1.165) is 17.1 Å². The molecule has 1 aliphatic heterocycles. The summed E-state index contributed by atoms with van der Waals surface area (Å²) in [7, 11) is 0. The molecule has 0 fully saturated rings. The van der Waals surface area contributed by atoms with Crippen molar-refractivity contribution in [2.24, 2.45) is 11.0 Å². The molecule has 0 saturated carbocycles. The van der Waals surface area contributed by atoms with Crippen LogP contribution in [0.25, 0.3) is 0 Å². The summed E-state index contributed by atoms with van der Waals surface area (Å²) in [6.07, 6.45) is 1.75. The summed E-state index contributed by atoms with van der Waals surface area (Å²) >= 11 is 0. The number of fused-ring (bicyclic) bond motifs is 1. The van der Waals surface area contributed by atoms with Crippen molar-refractivity contribution in [3.05, 3.63) is 36.0 Å². The number of carbonyl (C=O) groups excluding carboxylic acids is 1. The van der Waals surface area contributed by atoms with E-state index in [1.807, 2.05) is 33.8 Å². The van der Waals surface area contributed by atoms with Gasteiger partial charge in [-0.15, -0.1) is 0 Å². The zero-order valence-electron chi connectivity index (χ0n) is 15.3. The van der Waals surface area contributed by atoms with E-state index in [2.05, 4.69) is 25.5 Å². The van der Waals surface area contributed by atoms with E-state index in [4.69, 9.17) is 0 Å². The molecule has 26 heavy (non-hydrogen) atoms. The predicted molar refractivity (Wildman–Crippen MR) is 96.3 cm³/mol. The van der Waals surface area contributed by atoms with Gasteiger partial charge in [0.2, 0.25) is 12.3 Å². The Morgan fingerprint density at radius 1 is 1.31 bits per heavy atom. The normalized spacial score (nSPS) is 16.7. The molecule has 9 heteroatoms. The lowest BCUT2D eigenvalue weighted by atomic mass is 10.0. The molecule has 3 heterocycles. The Kier molecular flexibility index (Phi) is 4.99. The van der Waals surface area contributed by atoms with E-state index in [1.165, 1.54) is 22.2 Å². The van der Waals surface area contributed by atoms with Crippen LogP contribution in [-0.4, -0.2) is 48.0 Å². The maximum Gasteiger partial charge on any atom is 0.247 e. The maximum absolute atomic E-state index is 12.3. The molecule has 2 aromatic rings. The molecular formula is C17H23N7O2. The third kappa shape index (κ3) is 3.57. The van der Waals surface area contributed by atoms with Gasteiger partial charge in [-0.3, -0.25) is 4.79 Å². The Balaban J connectivity index is 1.83. The monoisotopic (exact) mass is 357 g/mol. The second kappa shape index (κ2) is 7.20. The van der Waals surface area contributed by atoms with E-state index in [1.54, 1.807) is 6.07 Å². The highest BCUT2D eigenvalue weighted by Crippen LogP contribution is 2.26. The summed E-state index contributed by atoms with van der Waals surface area (Å²) in [6, 6.07) is 3.54. The second-order valence-electron chi connectivity index (χ2n) is 6.78. The molecule has 1 unspecified atom stereocenters.